The number of nitrogens with one attached hydrogen (secondary N) is 1. The Morgan fingerprint density at radius 3 is 2.59 bits per heavy atom. The fourth-order valence-corrected chi connectivity index (χ4v) is 4.80. The molecule has 3 aromatic rings. The Labute approximate surface area is 214 Å². The van der Waals surface area contributed by atoms with Gasteiger partial charge in [0.25, 0.3) is 11.7 Å². The van der Waals surface area contributed by atoms with Crippen molar-refractivity contribution in [2.24, 2.45) is 0 Å². The number of fused-ring (bicyclic) bond motifs is 1. The minimum absolute atomic E-state index is 0.0131. The number of ether oxygens (including phenoxy) is 2. The number of hydrogen-bond donors (Lipinski definition) is 2. The van der Waals surface area contributed by atoms with Gasteiger partial charge in [0.05, 0.1) is 25.3 Å². The maximum atomic E-state index is 13.4. The van der Waals surface area contributed by atoms with Crippen LogP contribution in [-0.2, 0) is 20.8 Å². The molecule has 2 aliphatic heterocycles. The van der Waals surface area contributed by atoms with Crippen LogP contribution >= 0.6 is 0 Å². The van der Waals surface area contributed by atoms with E-state index in [-0.39, 0.29) is 17.2 Å². The Hall–Kier alpha value is -4.59. The van der Waals surface area contributed by atoms with Crippen LogP contribution < -0.4 is 19.7 Å². The summed E-state index contributed by atoms with van der Waals surface area (Å²) in [6.07, 6.45) is 1.66. The molecule has 8 heteroatoms. The maximum Gasteiger partial charge on any atom is 0.300 e. The number of aliphatic hydroxyl groups excluding tert-OH is 1. The lowest BCUT2D eigenvalue weighted by Gasteiger charge is -2.26. The van der Waals surface area contributed by atoms with Crippen LogP contribution in [0.4, 0.5) is 11.4 Å². The third-order valence-electron chi connectivity index (χ3n) is 6.50. The van der Waals surface area contributed by atoms with Crippen molar-refractivity contribution in [3.63, 3.8) is 0 Å². The first-order valence-corrected chi connectivity index (χ1v) is 12.0. The molecule has 37 heavy (non-hydrogen) atoms. The molecule has 2 amide bonds. The van der Waals surface area contributed by atoms with Crippen LogP contribution in [0, 0.1) is 0 Å². The number of rotatable bonds is 5. The predicted octanol–water partition coefficient (Wildman–Crippen LogP) is 4.60. The topological polar surface area (TPSA) is 105 Å². The third-order valence-corrected chi connectivity index (χ3v) is 6.50. The van der Waals surface area contributed by atoms with E-state index in [1.165, 1.54) is 18.9 Å². The first-order chi connectivity index (χ1) is 17.9. The smallest absolute Gasteiger partial charge is 0.300 e. The zero-order valence-corrected chi connectivity index (χ0v) is 20.5. The number of ketones is 1. The third kappa shape index (κ3) is 4.53. The summed E-state index contributed by atoms with van der Waals surface area (Å²) in [5.41, 5.74) is 2.98. The van der Waals surface area contributed by atoms with Crippen LogP contribution in [0.1, 0.15) is 36.1 Å². The van der Waals surface area contributed by atoms with Crippen LogP contribution in [0.2, 0.25) is 0 Å². The van der Waals surface area contributed by atoms with Crippen molar-refractivity contribution in [1.82, 2.24) is 0 Å². The minimum Gasteiger partial charge on any atom is -0.507 e. The van der Waals surface area contributed by atoms with Gasteiger partial charge in [-0.25, -0.2) is 0 Å². The Balaban J connectivity index is 1.65. The molecule has 0 spiro atoms. The second-order valence-electron chi connectivity index (χ2n) is 8.95. The van der Waals surface area contributed by atoms with Crippen molar-refractivity contribution in [2.45, 2.75) is 25.8 Å². The Kier molecular flexibility index (Phi) is 6.40. The molecule has 1 unspecified atom stereocenters. The molecule has 0 radical (unpaired) electrons. The number of aliphatic hydroxyl groups is 1. The highest BCUT2D eigenvalue weighted by molar-refractivity contribution is 6.51. The van der Waals surface area contributed by atoms with Gasteiger partial charge in [0, 0.05) is 23.9 Å². The van der Waals surface area contributed by atoms with Gasteiger partial charge in [-0.15, -0.1) is 0 Å². The number of carbonyl (C=O) groups is 3. The molecular weight excluding hydrogens is 472 g/mol. The van der Waals surface area contributed by atoms with Crippen LogP contribution in [0.3, 0.4) is 0 Å². The van der Waals surface area contributed by atoms with Crippen LogP contribution in [0.15, 0.2) is 72.3 Å². The largest absolute Gasteiger partial charge is 0.507 e. The molecule has 5 rings (SSSR count). The van der Waals surface area contributed by atoms with Crippen molar-refractivity contribution >= 4 is 34.7 Å². The summed E-state index contributed by atoms with van der Waals surface area (Å²) in [6.45, 7) is 2.04. The van der Waals surface area contributed by atoms with E-state index in [9.17, 15) is 19.5 Å². The second kappa shape index (κ2) is 9.81. The van der Waals surface area contributed by atoms with Crippen LogP contribution in [0.5, 0.6) is 11.5 Å². The molecule has 8 nitrogen and oxygen atoms in total. The lowest BCUT2D eigenvalue weighted by atomic mass is 9.93. The van der Waals surface area contributed by atoms with E-state index >= 15 is 0 Å². The Morgan fingerprint density at radius 2 is 1.86 bits per heavy atom. The van der Waals surface area contributed by atoms with Gasteiger partial charge in [0.1, 0.15) is 17.3 Å². The van der Waals surface area contributed by atoms with Gasteiger partial charge in [0.2, 0.25) is 5.91 Å². The summed E-state index contributed by atoms with van der Waals surface area (Å²) >= 11 is 0. The van der Waals surface area contributed by atoms with Gasteiger partial charge in [-0.1, -0.05) is 12.1 Å². The summed E-state index contributed by atoms with van der Waals surface area (Å²) in [7, 11) is 1.53. The number of aryl methyl sites for hydroxylation is 1. The molecule has 2 aliphatic rings. The zero-order valence-electron chi connectivity index (χ0n) is 20.5. The first-order valence-electron chi connectivity index (χ1n) is 12.0. The molecule has 3 aromatic carbocycles. The van der Waals surface area contributed by atoms with Crippen molar-refractivity contribution in [1.29, 1.82) is 0 Å². The maximum absolute atomic E-state index is 13.4. The molecular formula is C29H26N2O6. The SMILES string of the molecule is COc1cccc(C2/C(=C(/O)c3ccc4c(c3)CCCO4)C(=O)C(=O)N2c2ccc(NC(C)=O)cc2)c1. The van der Waals surface area contributed by atoms with Crippen molar-refractivity contribution in [3.8, 4) is 11.5 Å². The highest BCUT2D eigenvalue weighted by Gasteiger charge is 2.47. The molecule has 1 fully saturated rings. The molecule has 2 N–H and O–H groups in total. The van der Waals surface area contributed by atoms with E-state index in [0.29, 0.717) is 34.9 Å². The number of hydrogen-bond acceptors (Lipinski definition) is 6. The van der Waals surface area contributed by atoms with Gasteiger partial charge < -0.3 is 19.9 Å². The monoisotopic (exact) mass is 498 g/mol. The fraction of sp³-hybridized carbons (Fsp3) is 0.207. The number of anilines is 2. The lowest BCUT2D eigenvalue weighted by Crippen LogP contribution is -2.29. The molecule has 1 atom stereocenters. The van der Waals surface area contributed by atoms with Crippen LogP contribution in [-0.4, -0.2) is 36.4 Å². The normalized spacial score (nSPS) is 18.2. The fourth-order valence-electron chi connectivity index (χ4n) is 4.80. The Morgan fingerprint density at radius 1 is 1.08 bits per heavy atom. The minimum atomic E-state index is -0.894. The quantitative estimate of drug-likeness (QED) is 0.303. The van der Waals surface area contributed by atoms with Crippen molar-refractivity contribution in [3.05, 3.63) is 89.0 Å². The average molecular weight is 499 g/mol. The van der Waals surface area contributed by atoms with Gasteiger partial charge in [-0.3, -0.25) is 19.3 Å². The summed E-state index contributed by atoms with van der Waals surface area (Å²) in [5.74, 6) is -0.716. The van der Waals surface area contributed by atoms with Gasteiger partial charge in [-0.2, -0.15) is 0 Å². The molecule has 0 bridgehead atoms. The van der Waals surface area contributed by atoms with E-state index in [1.807, 2.05) is 6.07 Å². The van der Waals surface area contributed by atoms with E-state index in [4.69, 9.17) is 9.47 Å². The van der Waals surface area contributed by atoms with Crippen molar-refractivity contribution < 1.29 is 29.0 Å². The zero-order chi connectivity index (χ0) is 26.1. The molecule has 2 heterocycles. The predicted molar refractivity (Wildman–Crippen MR) is 139 cm³/mol. The van der Waals surface area contributed by atoms with E-state index in [1.54, 1.807) is 60.7 Å². The van der Waals surface area contributed by atoms with E-state index in [0.717, 1.165) is 24.2 Å². The number of nitrogens with zero attached hydrogens (tertiary/aromatic N) is 1. The number of Topliss-reactive ketones (excluding diaryl/α,β-unsaturated/α-hetero) is 1. The summed E-state index contributed by atoms with van der Waals surface area (Å²) in [5, 5.41) is 14.1. The molecule has 0 aromatic heterocycles. The molecule has 188 valence electrons. The van der Waals surface area contributed by atoms with Gasteiger partial charge >= 0.3 is 0 Å². The second-order valence-corrected chi connectivity index (χ2v) is 8.95. The van der Waals surface area contributed by atoms with Crippen molar-refractivity contribution in [2.75, 3.05) is 23.9 Å². The number of carbonyl (C=O) groups excluding carboxylic acids is 3. The molecule has 0 aliphatic carbocycles. The standard InChI is InChI=1S/C29H26N2O6/c1-17(32)30-21-9-11-22(12-10-21)31-26(19-5-3-7-23(16-19)36-2)25(28(34)29(31)35)27(33)20-8-13-24-18(15-20)6-4-14-37-24/h3,5,7-13,15-16,26,33H,4,6,14H2,1-2H3,(H,30,32)/b27-25-. The molecule has 1 saturated heterocycles. The number of amides is 2. The van der Waals surface area contributed by atoms with E-state index < -0.39 is 17.7 Å². The lowest BCUT2D eigenvalue weighted by molar-refractivity contribution is -0.132. The Bertz CT molecular complexity index is 1430. The number of methoxy groups -OCH3 is 1. The summed E-state index contributed by atoms with van der Waals surface area (Å²) in [6, 6.07) is 18.1. The van der Waals surface area contributed by atoms with Crippen LogP contribution in [0.25, 0.3) is 5.76 Å². The highest BCUT2D eigenvalue weighted by Crippen LogP contribution is 2.43. The van der Waals surface area contributed by atoms with Gasteiger partial charge in [0.15, 0.2) is 0 Å². The first kappa shape index (κ1) is 24.1. The molecule has 0 saturated carbocycles. The number of benzene rings is 3. The van der Waals surface area contributed by atoms with Gasteiger partial charge in [-0.05, 0) is 78.6 Å². The summed E-state index contributed by atoms with van der Waals surface area (Å²) < 4.78 is 11.1. The highest BCUT2D eigenvalue weighted by atomic mass is 16.5. The van der Waals surface area contributed by atoms with E-state index in [2.05, 4.69) is 5.32 Å². The summed E-state index contributed by atoms with van der Waals surface area (Å²) in [4.78, 5) is 39.6. The average Bonchev–Trinajstić information content (AvgIpc) is 3.18.